The minimum atomic E-state index is 0.835. The molecule has 0 atom stereocenters. The Morgan fingerprint density at radius 3 is 2.54 bits per heavy atom. The van der Waals surface area contributed by atoms with Crippen LogP contribution in [-0.2, 0) is 6.42 Å². The molecule has 2 nitrogen and oxygen atoms in total. The molecule has 0 aliphatic rings. The van der Waals surface area contributed by atoms with Crippen LogP contribution in [0.1, 0.15) is 5.56 Å². The Labute approximate surface area is 81.4 Å². The van der Waals surface area contributed by atoms with Gasteiger partial charge in [0.05, 0.1) is 11.1 Å². The summed E-state index contributed by atoms with van der Waals surface area (Å²) in [5.74, 6) is 0. The molecule has 13 heavy (non-hydrogen) atoms. The summed E-state index contributed by atoms with van der Waals surface area (Å²) < 4.78 is 3.82. The highest BCUT2D eigenvalue weighted by Gasteiger charge is 1.99. The van der Waals surface area contributed by atoms with Crippen LogP contribution >= 0.6 is 11.5 Å². The molecule has 1 aromatic heterocycles. The molecular formula is C10H9N2S. The van der Waals surface area contributed by atoms with Crippen molar-refractivity contribution in [3.05, 3.63) is 42.9 Å². The van der Waals surface area contributed by atoms with E-state index < -0.39 is 0 Å². The van der Waals surface area contributed by atoms with Crippen molar-refractivity contribution in [3.8, 4) is 10.4 Å². The molecule has 1 heterocycles. The highest BCUT2D eigenvalue weighted by Crippen LogP contribution is 2.21. The predicted octanol–water partition coefficient (Wildman–Crippen LogP) is 2.58. The van der Waals surface area contributed by atoms with Gasteiger partial charge in [-0.05, 0) is 36.0 Å². The van der Waals surface area contributed by atoms with Gasteiger partial charge in [-0.25, -0.2) is 0 Å². The molecule has 3 heteroatoms. The van der Waals surface area contributed by atoms with Gasteiger partial charge in [0.25, 0.3) is 0 Å². The SMILES string of the molecule is [CH2]Cc1ccc(-c2cnns2)cc1. The molecule has 1 aromatic carbocycles. The predicted molar refractivity (Wildman–Crippen MR) is 54.4 cm³/mol. The van der Waals surface area contributed by atoms with E-state index in [2.05, 4.69) is 40.8 Å². The number of benzene rings is 1. The minimum Gasteiger partial charge on any atom is -0.146 e. The van der Waals surface area contributed by atoms with E-state index in [0.29, 0.717) is 0 Å². The van der Waals surface area contributed by atoms with Gasteiger partial charge in [0.1, 0.15) is 0 Å². The van der Waals surface area contributed by atoms with E-state index in [1.807, 2.05) is 0 Å². The van der Waals surface area contributed by atoms with Crippen LogP contribution in [0.3, 0.4) is 0 Å². The van der Waals surface area contributed by atoms with E-state index in [0.717, 1.165) is 11.3 Å². The first-order chi connectivity index (χ1) is 6.40. The second-order valence-corrected chi connectivity index (χ2v) is 3.51. The van der Waals surface area contributed by atoms with Gasteiger partial charge in [0, 0.05) is 0 Å². The third-order valence-electron chi connectivity index (χ3n) is 1.89. The Morgan fingerprint density at radius 1 is 1.23 bits per heavy atom. The quantitative estimate of drug-likeness (QED) is 0.725. The van der Waals surface area contributed by atoms with Crippen molar-refractivity contribution in [2.75, 3.05) is 0 Å². The van der Waals surface area contributed by atoms with E-state index in [4.69, 9.17) is 0 Å². The average Bonchev–Trinajstić information content (AvgIpc) is 2.71. The second kappa shape index (κ2) is 3.66. The standard InChI is InChI=1S/C10H9N2S/c1-2-8-3-5-9(6-4-8)10-7-11-12-13-10/h3-7H,1-2H2. The molecule has 0 spiro atoms. The van der Waals surface area contributed by atoms with Gasteiger partial charge < -0.3 is 0 Å². The molecular weight excluding hydrogens is 180 g/mol. The lowest BCUT2D eigenvalue weighted by Crippen LogP contribution is -1.79. The van der Waals surface area contributed by atoms with E-state index in [9.17, 15) is 0 Å². The van der Waals surface area contributed by atoms with Crippen LogP contribution in [-0.4, -0.2) is 9.59 Å². The first kappa shape index (κ1) is 8.38. The van der Waals surface area contributed by atoms with Crippen molar-refractivity contribution < 1.29 is 0 Å². The summed E-state index contributed by atoms with van der Waals surface area (Å²) >= 11 is 1.41. The Morgan fingerprint density at radius 2 is 2.00 bits per heavy atom. The first-order valence-corrected chi connectivity index (χ1v) is 4.83. The maximum Gasteiger partial charge on any atom is 0.0753 e. The summed E-state index contributed by atoms with van der Waals surface area (Å²) in [7, 11) is 0. The zero-order valence-electron chi connectivity index (χ0n) is 7.10. The summed E-state index contributed by atoms with van der Waals surface area (Å²) in [5, 5.41) is 3.80. The zero-order chi connectivity index (χ0) is 9.10. The van der Waals surface area contributed by atoms with Crippen LogP contribution in [0, 0.1) is 6.92 Å². The third kappa shape index (κ3) is 1.75. The lowest BCUT2D eigenvalue weighted by Gasteiger charge is -1.97. The number of hydrogen-bond acceptors (Lipinski definition) is 3. The van der Waals surface area contributed by atoms with Crippen molar-refractivity contribution in [1.82, 2.24) is 9.59 Å². The summed E-state index contributed by atoms with van der Waals surface area (Å²) in [5.41, 5.74) is 2.42. The minimum absolute atomic E-state index is 0.835. The van der Waals surface area contributed by atoms with Crippen molar-refractivity contribution >= 4 is 11.5 Å². The molecule has 0 bridgehead atoms. The van der Waals surface area contributed by atoms with Gasteiger partial charge >= 0.3 is 0 Å². The van der Waals surface area contributed by atoms with Gasteiger partial charge in [-0.15, -0.1) is 5.10 Å². The Balaban J connectivity index is 2.33. The van der Waals surface area contributed by atoms with E-state index in [-0.39, 0.29) is 0 Å². The van der Waals surface area contributed by atoms with Crippen molar-refractivity contribution in [2.45, 2.75) is 6.42 Å². The molecule has 2 aromatic rings. The van der Waals surface area contributed by atoms with Gasteiger partial charge in [-0.3, -0.25) is 0 Å². The molecule has 0 unspecified atom stereocenters. The topological polar surface area (TPSA) is 25.8 Å². The molecule has 0 amide bonds. The Hall–Kier alpha value is -1.22. The van der Waals surface area contributed by atoms with E-state index >= 15 is 0 Å². The fourth-order valence-corrected chi connectivity index (χ4v) is 1.65. The maximum absolute atomic E-state index is 3.83. The molecule has 0 saturated carbocycles. The normalized spacial score (nSPS) is 10.2. The zero-order valence-corrected chi connectivity index (χ0v) is 7.92. The fourth-order valence-electron chi connectivity index (χ4n) is 1.13. The van der Waals surface area contributed by atoms with Crippen molar-refractivity contribution in [1.29, 1.82) is 0 Å². The van der Waals surface area contributed by atoms with Gasteiger partial charge in [-0.2, -0.15) is 0 Å². The van der Waals surface area contributed by atoms with Gasteiger partial charge in [0.2, 0.25) is 0 Å². The Bertz CT molecular complexity index is 364. The van der Waals surface area contributed by atoms with Crippen LogP contribution in [0.25, 0.3) is 10.4 Å². The van der Waals surface area contributed by atoms with Crippen molar-refractivity contribution in [2.24, 2.45) is 0 Å². The molecule has 1 radical (unpaired) electrons. The number of hydrogen-bond donors (Lipinski definition) is 0. The van der Waals surface area contributed by atoms with Gasteiger partial charge in [-0.1, -0.05) is 28.8 Å². The molecule has 0 aliphatic carbocycles. The number of aromatic nitrogens is 2. The maximum atomic E-state index is 3.83. The molecule has 0 aliphatic heterocycles. The number of nitrogens with zero attached hydrogens (tertiary/aromatic N) is 2. The molecule has 2 rings (SSSR count). The average molecular weight is 189 g/mol. The largest absolute Gasteiger partial charge is 0.146 e. The summed E-state index contributed by atoms with van der Waals surface area (Å²) in [6.07, 6.45) is 2.62. The van der Waals surface area contributed by atoms with E-state index in [1.54, 1.807) is 6.20 Å². The summed E-state index contributed by atoms with van der Waals surface area (Å²) in [6.45, 7) is 3.83. The summed E-state index contributed by atoms with van der Waals surface area (Å²) in [6, 6.07) is 8.33. The highest BCUT2D eigenvalue weighted by atomic mass is 32.1. The van der Waals surface area contributed by atoms with Crippen LogP contribution in [0.5, 0.6) is 0 Å². The molecule has 0 saturated heterocycles. The van der Waals surface area contributed by atoms with Crippen LogP contribution < -0.4 is 0 Å². The van der Waals surface area contributed by atoms with E-state index in [1.165, 1.54) is 22.7 Å². The lowest BCUT2D eigenvalue weighted by molar-refractivity contribution is 1.16. The Kier molecular flexibility index (Phi) is 2.36. The molecule has 65 valence electrons. The highest BCUT2D eigenvalue weighted by molar-refractivity contribution is 7.09. The van der Waals surface area contributed by atoms with Crippen LogP contribution in [0.4, 0.5) is 0 Å². The smallest absolute Gasteiger partial charge is 0.0753 e. The fraction of sp³-hybridized carbons (Fsp3) is 0.100. The van der Waals surface area contributed by atoms with Crippen LogP contribution in [0.2, 0.25) is 0 Å². The van der Waals surface area contributed by atoms with Gasteiger partial charge in [0.15, 0.2) is 0 Å². The second-order valence-electron chi connectivity index (χ2n) is 2.73. The number of rotatable bonds is 2. The monoisotopic (exact) mass is 189 g/mol. The van der Waals surface area contributed by atoms with Crippen LogP contribution in [0.15, 0.2) is 30.5 Å². The van der Waals surface area contributed by atoms with Crippen molar-refractivity contribution in [3.63, 3.8) is 0 Å². The molecule has 0 N–H and O–H groups in total. The summed E-state index contributed by atoms with van der Waals surface area (Å²) in [4.78, 5) is 1.11. The third-order valence-corrected chi connectivity index (χ3v) is 2.60. The lowest BCUT2D eigenvalue weighted by atomic mass is 10.1. The first-order valence-electron chi connectivity index (χ1n) is 4.06. The molecule has 0 fully saturated rings.